The number of likely N-dealkylation sites (tertiary alicyclic amines) is 1. The molecule has 1 aliphatic rings. The van der Waals surface area contributed by atoms with Crippen molar-refractivity contribution in [1.29, 1.82) is 0 Å². The molecule has 3 aromatic rings. The number of fused-ring (bicyclic) bond motifs is 1. The quantitative estimate of drug-likeness (QED) is 0.465. The lowest BCUT2D eigenvalue weighted by molar-refractivity contribution is -0.117. The van der Waals surface area contributed by atoms with Crippen molar-refractivity contribution in [2.75, 3.05) is 25.0 Å². The molecule has 0 bridgehead atoms. The van der Waals surface area contributed by atoms with Crippen LogP contribution in [0.15, 0.2) is 24.4 Å². The Bertz CT molecular complexity index is 1100. The van der Waals surface area contributed by atoms with Gasteiger partial charge in [-0.3, -0.25) is 14.7 Å². The standard InChI is InChI=1S/C19H23B4N5O/c20-16-15(18(22)27-19(23)17(16)21)11-4-3-10-8-24-13(7-12(10)25-11)26-14(29)9-28-5-1-2-6-28/h3-4,7-8H,1-2,5-6,9,20-23H2,(H,24,26,29). The lowest BCUT2D eigenvalue weighted by Gasteiger charge is -2.15. The van der Waals surface area contributed by atoms with Crippen LogP contribution in [0.4, 0.5) is 5.82 Å². The van der Waals surface area contributed by atoms with E-state index in [1.54, 1.807) is 6.20 Å². The molecule has 4 heterocycles. The molecule has 142 valence electrons. The molecule has 3 aromatic heterocycles. The van der Waals surface area contributed by atoms with Crippen LogP contribution >= 0.6 is 0 Å². The van der Waals surface area contributed by atoms with Gasteiger partial charge in [0, 0.05) is 28.8 Å². The fourth-order valence-corrected chi connectivity index (χ4v) is 4.05. The number of rotatable bonds is 4. The third-order valence-corrected chi connectivity index (χ3v) is 5.84. The number of pyridine rings is 3. The molecule has 0 spiro atoms. The maximum atomic E-state index is 12.3. The van der Waals surface area contributed by atoms with Crippen molar-refractivity contribution in [2.45, 2.75) is 12.8 Å². The molecule has 29 heavy (non-hydrogen) atoms. The van der Waals surface area contributed by atoms with Crippen molar-refractivity contribution in [3.8, 4) is 11.3 Å². The van der Waals surface area contributed by atoms with Gasteiger partial charge in [-0.1, -0.05) is 10.9 Å². The zero-order valence-electron chi connectivity index (χ0n) is 17.5. The van der Waals surface area contributed by atoms with Crippen molar-refractivity contribution in [1.82, 2.24) is 19.9 Å². The van der Waals surface area contributed by atoms with Gasteiger partial charge < -0.3 is 5.32 Å². The second-order valence-corrected chi connectivity index (χ2v) is 7.90. The summed E-state index contributed by atoms with van der Waals surface area (Å²) in [7, 11) is 8.28. The van der Waals surface area contributed by atoms with Gasteiger partial charge in [-0.05, 0) is 43.7 Å². The maximum Gasteiger partial charge on any atom is 0.239 e. The summed E-state index contributed by atoms with van der Waals surface area (Å²) in [6.07, 6.45) is 4.09. The molecule has 6 nitrogen and oxygen atoms in total. The van der Waals surface area contributed by atoms with E-state index in [1.807, 2.05) is 33.9 Å². The van der Waals surface area contributed by atoms with Crippen molar-refractivity contribution in [3.05, 3.63) is 24.4 Å². The number of aromatic nitrogens is 3. The lowest BCUT2D eigenvalue weighted by Crippen LogP contribution is -2.47. The average molecular weight is 381 g/mol. The zero-order chi connectivity index (χ0) is 20.5. The molecule has 0 atom stereocenters. The fourth-order valence-electron chi connectivity index (χ4n) is 4.05. The first kappa shape index (κ1) is 19.7. The predicted molar refractivity (Wildman–Crippen MR) is 130 cm³/mol. The predicted octanol–water partition coefficient (Wildman–Crippen LogP) is -4.24. The number of nitrogens with one attached hydrogen (secondary N) is 1. The number of hydrogen-bond donors (Lipinski definition) is 1. The molecule has 1 amide bonds. The largest absolute Gasteiger partial charge is 0.310 e. The summed E-state index contributed by atoms with van der Waals surface area (Å²) in [6, 6.07) is 5.88. The van der Waals surface area contributed by atoms with E-state index in [-0.39, 0.29) is 5.91 Å². The van der Waals surface area contributed by atoms with Crippen LogP contribution in [0.25, 0.3) is 22.2 Å². The highest BCUT2D eigenvalue weighted by molar-refractivity contribution is 6.59. The molecule has 4 rings (SSSR count). The Morgan fingerprint density at radius 2 is 1.79 bits per heavy atom. The molecular weight excluding hydrogens is 357 g/mol. The van der Waals surface area contributed by atoms with E-state index in [0.717, 1.165) is 46.4 Å². The molecule has 1 N–H and O–H groups in total. The van der Waals surface area contributed by atoms with Gasteiger partial charge in [0.25, 0.3) is 0 Å². The van der Waals surface area contributed by atoms with Gasteiger partial charge in [0.15, 0.2) is 15.7 Å². The van der Waals surface area contributed by atoms with Crippen LogP contribution in [-0.2, 0) is 4.79 Å². The van der Waals surface area contributed by atoms with Crippen LogP contribution in [-0.4, -0.2) is 76.8 Å². The first-order chi connectivity index (χ1) is 13.9. The summed E-state index contributed by atoms with van der Waals surface area (Å²) >= 11 is 0. The van der Waals surface area contributed by atoms with E-state index in [1.165, 1.54) is 23.8 Å². The third kappa shape index (κ3) is 4.08. The number of anilines is 1. The highest BCUT2D eigenvalue weighted by Crippen LogP contribution is 2.19. The molecule has 1 aliphatic heterocycles. The van der Waals surface area contributed by atoms with E-state index in [0.29, 0.717) is 12.4 Å². The molecule has 0 aliphatic carbocycles. The van der Waals surface area contributed by atoms with Crippen molar-refractivity contribution in [3.63, 3.8) is 0 Å². The van der Waals surface area contributed by atoms with Crippen molar-refractivity contribution in [2.24, 2.45) is 0 Å². The lowest BCUT2D eigenvalue weighted by atomic mass is 9.70. The highest BCUT2D eigenvalue weighted by atomic mass is 16.2. The van der Waals surface area contributed by atoms with E-state index >= 15 is 0 Å². The number of carbonyl (C=O) groups excluding carboxylic acids is 1. The second-order valence-electron chi connectivity index (χ2n) is 7.90. The minimum atomic E-state index is -0.0278. The molecule has 0 radical (unpaired) electrons. The normalized spacial score (nSPS) is 14.3. The van der Waals surface area contributed by atoms with Crippen molar-refractivity contribution >= 4 is 76.1 Å². The maximum absolute atomic E-state index is 12.3. The molecule has 0 aromatic carbocycles. The van der Waals surface area contributed by atoms with Gasteiger partial charge >= 0.3 is 0 Å². The van der Waals surface area contributed by atoms with Crippen LogP contribution in [0.2, 0.25) is 0 Å². The van der Waals surface area contributed by atoms with E-state index in [4.69, 9.17) is 4.98 Å². The Morgan fingerprint density at radius 3 is 2.55 bits per heavy atom. The van der Waals surface area contributed by atoms with Crippen LogP contribution in [0, 0.1) is 0 Å². The van der Waals surface area contributed by atoms with Crippen LogP contribution in [0.3, 0.4) is 0 Å². The molecule has 10 heteroatoms. The molecule has 0 saturated carbocycles. The molecule has 0 unspecified atom stereocenters. The van der Waals surface area contributed by atoms with Gasteiger partial charge in [0.2, 0.25) is 5.91 Å². The van der Waals surface area contributed by atoms with Crippen molar-refractivity contribution < 1.29 is 4.79 Å². The van der Waals surface area contributed by atoms with Crippen LogP contribution in [0.5, 0.6) is 0 Å². The van der Waals surface area contributed by atoms with Crippen LogP contribution < -0.4 is 27.4 Å². The molecular formula is C19H23B4N5O. The number of nitrogens with zero attached hydrogens (tertiary/aromatic N) is 4. The van der Waals surface area contributed by atoms with Gasteiger partial charge in [-0.15, -0.1) is 0 Å². The second kappa shape index (κ2) is 8.03. The summed E-state index contributed by atoms with van der Waals surface area (Å²) in [6.45, 7) is 2.40. The minimum Gasteiger partial charge on any atom is -0.310 e. The van der Waals surface area contributed by atoms with E-state index in [2.05, 4.69) is 35.9 Å². The number of hydrogen-bond acceptors (Lipinski definition) is 5. The van der Waals surface area contributed by atoms with Gasteiger partial charge in [-0.2, -0.15) is 0 Å². The fraction of sp³-hybridized carbons (Fsp3) is 0.263. The topological polar surface area (TPSA) is 71.0 Å². The summed E-state index contributed by atoms with van der Waals surface area (Å²) < 4.78 is 0. The summed E-state index contributed by atoms with van der Waals surface area (Å²) in [5.74, 6) is 0.512. The summed E-state index contributed by atoms with van der Waals surface area (Å²) in [5.41, 5.74) is 7.20. The smallest absolute Gasteiger partial charge is 0.239 e. The van der Waals surface area contributed by atoms with E-state index in [9.17, 15) is 4.79 Å². The monoisotopic (exact) mass is 381 g/mol. The van der Waals surface area contributed by atoms with Gasteiger partial charge in [0.05, 0.1) is 17.8 Å². The minimum absolute atomic E-state index is 0.0278. The third-order valence-electron chi connectivity index (χ3n) is 5.84. The Kier molecular flexibility index (Phi) is 5.46. The molecule has 1 saturated heterocycles. The van der Waals surface area contributed by atoms with Gasteiger partial charge in [0.1, 0.15) is 21.5 Å². The Balaban J connectivity index is 1.64. The van der Waals surface area contributed by atoms with E-state index < -0.39 is 0 Å². The SMILES string of the molecule is Bc1nc(B)c(-c2ccc3cnc(NC(=O)CN4CCCC4)cc3n2)c(B)c1B. The Hall–Kier alpha value is -2.60. The summed E-state index contributed by atoms with van der Waals surface area (Å²) in [4.78, 5) is 28.4. The first-order valence-electron chi connectivity index (χ1n) is 10.2. The first-order valence-corrected chi connectivity index (χ1v) is 10.2. The Labute approximate surface area is 174 Å². The molecule has 1 fully saturated rings. The summed E-state index contributed by atoms with van der Waals surface area (Å²) in [5, 5.41) is 3.86. The average Bonchev–Trinajstić information content (AvgIpc) is 3.19. The number of carbonyl (C=O) groups is 1. The van der Waals surface area contributed by atoms with Gasteiger partial charge in [-0.25, -0.2) is 9.97 Å². The Morgan fingerprint density at radius 1 is 1.03 bits per heavy atom. The zero-order valence-corrected chi connectivity index (χ0v) is 17.5. The number of amides is 1. The highest BCUT2D eigenvalue weighted by Gasteiger charge is 2.16. The van der Waals surface area contributed by atoms with Crippen LogP contribution in [0.1, 0.15) is 12.8 Å².